The average molecular weight is 290 g/mol. The topological polar surface area (TPSA) is 52.6 Å². The van der Waals surface area contributed by atoms with Gasteiger partial charge in [0.2, 0.25) is 0 Å². The van der Waals surface area contributed by atoms with Crippen LogP contribution in [0.15, 0.2) is 18.2 Å². The number of nitrogens with zero attached hydrogens (tertiary/aromatic N) is 1. The second kappa shape index (κ2) is 7.46. The fourth-order valence-electron chi connectivity index (χ4n) is 2.73. The molecule has 0 spiro atoms. The lowest BCUT2D eigenvalue weighted by molar-refractivity contribution is 0.0739. The van der Waals surface area contributed by atoms with Crippen molar-refractivity contribution >= 4 is 5.91 Å². The van der Waals surface area contributed by atoms with Crippen molar-refractivity contribution in [3.8, 4) is 5.75 Å². The van der Waals surface area contributed by atoms with Crippen LogP contribution in [-0.2, 0) is 0 Å². The first kappa shape index (κ1) is 15.8. The molecule has 4 nitrogen and oxygen atoms in total. The van der Waals surface area contributed by atoms with Gasteiger partial charge in [-0.2, -0.15) is 0 Å². The van der Waals surface area contributed by atoms with Gasteiger partial charge in [-0.15, -0.1) is 0 Å². The first-order chi connectivity index (χ1) is 10.1. The minimum absolute atomic E-state index is 0.0208. The van der Waals surface area contributed by atoms with Crippen LogP contribution in [0.5, 0.6) is 5.75 Å². The first-order valence-corrected chi connectivity index (χ1v) is 7.94. The zero-order valence-corrected chi connectivity index (χ0v) is 13.1. The molecule has 0 radical (unpaired) electrons. The van der Waals surface area contributed by atoms with Crippen molar-refractivity contribution in [3.05, 3.63) is 29.3 Å². The van der Waals surface area contributed by atoms with Crippen molar-refractivity contribution in [2.24, 2.45) is 0 Å². The van der Waals surface area contributed by atoms with Gasteiger partial charge in [0.15, 0.2) is 0 Å². The molecule has 1 saturated heterocycles. The zero-order valence-electron chi connectivity index (χ0n) is 13.1. The first-order valence-electron chi connectivity index (χ1n) is 7.94. The molecule has 1 heterocycles. The van der Waals surface area contributed by atoms with Gasteiger partial charge in [0.05, 0.1) is 0 Å². The third-order valence-electron chi connectivity index (χ3n) is 4.13. The van der Waals surface area contributed by atoms with Crippen LogP contribution in [0, 0.1) is 6.92 Å². The highest BCUT2D eigenvalue weighted by molar-refractivity contribution is 5.94. The maximum absolute atomic E-state index is 12.7. The summed E-state index contributed by atoms with van der Waals surface area (Å²) >= 11 is 0. The standard InChI is InChI=1S/C17H26N2O2/c1-3-4-10-19(12-15-6-5-9-18-15)17(21)14-8-7-13(2)16(20)11-14/h7-8,11,15,18,20H,3-6,9-10,12H2,1-2H3. The van der Waals surface area contributed by atoms with Gasteiger partial charge in [-0.1, -0.05) is 19.4 Å². The maximum Gasteiger partial charge on any atom is 0.254 e. The SMILES string of the molecule is CCCCN(CC1CCCN1)C(=O)c1ccc(C)c(O)c1. The van der Waals surface area contributed by atoms with Crippen LogP contribution in [0.1, 0.15) is 48.5 Å². The molecule has 1 aliphatic heterocycles. The van der Waals surface area contributed by atoms with Crippen molar-refractivity contribution in [1.29, 1.82) is 0 Å². The summed E-state index contributed by atoms with van der Waals surface area (Å²) < 4.78 is 0. The molecule has 0 saturated carbocycles. The van der Waals surface area contributed by atoms with Gasteiger partial charge in [0, 0.05) is 24.7 Å². The second-order valence-corrected chi connectivity index (χ2v) is 5.90. The molecule has 0 bridgehead atoms. The molecule has 2 rings (SSSR count). The molecule has 21 heavy (non-hydrogen) atoms. The molecule has 1 fully saturated rings. The number of hydrogen-bond donors (Lipinski definition) is 2. The Balaban J connectivity index is 2.09. The summed E-state index contributed by atoms with van der Waals surface area (Å²) in [5, 5.41) is 13.3. The number of phenolic OH excluding ortho intramolecular Hbond substituents is 1. The predicted molar refractivity (Wildman–Crippen MR) is 84.7 cm³/mol. The molecule has 1 unspecified atom stereocenters. The van der Waals surface area contributed by atoms with E-state index >= 15 is 0 Å². The normalized spacial score (nSPS) is 17.9. The molecule has 0 aliphatic carbocycles. The van der Waals surface area contributed by atoms with E-state index in [1.54, 1.807) is 18.2 Å². The Labute approximate surface area is 127 Å². The summed E-state index contributed by atoms with van der Waals surface area (Å²) in [5.74, 6) is 0.211. The molecule has 1 amide bonds. The van der Waals surface area contributed by atoms with E-state index in [9.17, 15) is 9.90 Å². The molecular weight excluding hydrogens is 264 g/mol. The number of phenols is 1. The lowest BCUT2D eigenvalue weighted by atomic mass is 10.1. The number of aryl methyl sites for hydroxylation is 1. The Morgan fingerprint density at radius 1 is 1.48 bits per heavy atom. The van der Waals surface area contributed by atoms with Gasteiger partial charge in [-0.05, 0) is 50.4 Å². The Kier molecular flexibility index (Phi) is 5.62. The Morgan fingerprint density at radius 3 is 2.90 bits per heavy atom. The highest BCUT2D eigenvalue weighted by atomic mass is 16.3. The van der Waals surface area contributed by atoms with Gasteiger partial charge >= 0.3 is 0 Å². The van der Waals surface area contributed by atoms with E-state index in [0.29, 0.717) is 11.6 Å². The van der Waals surface area contributed by atoms with Crippen LogP contribution in [-0.4, -0.2) is 41.6 Å². The summed E-state index contributed by atoms with van der Waals surface area (Å²) in [6.07, 6.45) is 4.40. The monoisotopic (exact) mass is 290 g/mol. The molecule has 1 aromatic rings. The summed E-state index contributed by atoms with van der Waals surface area (Å²) in [7, 11) is 0. The van der Waals surface area contributed by atoms with E-state index in [0.717, 1.165) is 44.5 Å². The number of aromatic hydroxyl groups is 1. The fraction of sp³-hybridized carbons (Fsp3) is 0.588. The molecular formula is C17H26N2O2. The number of amides is 1. The van der Waals surface area contributed by atoms with E-state index in [2.05, 4.69) is 12.2 Å². The molecule has 116 valence electrons. The van der Waals surface area contributed by atoms with Crippen LogP contribution in [0.2, 0.25) is 0 Å². The summed E-state index contributed by atoms with van der Waals surface area (Å²) in [5.41, 5.74) is 1.37. The van der Waals surface area contributed by atoms with Crippen molar-refractivity contribution in [1.82, 2.24) is 10.2 Å². The number of carbonyl (C=O) groups is 1. The fourth-order valence-corrected chi connectivity index (χ4v) is 2.73. The zero-order chi connectivity index (χ0) is 15.2. The van der Waals surface area contributed by atoms with Crippen LogP contribution >= 0.6 is 0 Å². The molecule has 0 aromatic heterocycles. The minimum atomic E-state index is 0.0208. The lowest BCUT2D eigenvalue weighted by Crippen LogP contribution is -2.41. The number of hydrogen-bond acceptors (Lipinski definition) is 3. The average Bonchev–Trinajstić information content (AvgIpc) is 2.98. The largest absolute Gasteiger partial charge is 0.508 e. The number of carbonyl (C=O) groups excluding carboxylic acids is 1. The van der Waals surface area contributed by atoms with Crippen molar-refractivity contribution in [2.45, 2.75) is 45.6 Å². The highest BCUT2D eigenvalue weighted by Crippen LogP contribution is 2.19. The summed E-state index contributed by atoms with van der Waals surface area (Å²) in [6, 6.07) is 5.59. The van der Waals surface area contributed by atoms with Crippen molar-refractivity contribution in [3.63, 3.8) is 0 Å². The van der Waals surface area contributed by atoms with Gasteiger partial charge in [-0.3, -0.25) is 4.79 Å². The Bertz CT molecular complexity index is 482. The smallest absolute Gasteiger partial charge is 0.254 e. The minimum Gasteiger partial charge on any atom is -0.508 e. The summed E-state index contributed by atoms with van der Waals surface area (Å²) in [6.45, 7) is 6.55. The van der Waals surface area contributed by atoms with E-state index in [-0.39, 0.29) is 11.7 Å². The van der Waals surface area contributed by atoms with Crippen molar-refractivity contribution in [2.75, 3.05) is 19.6 Å². The van der Waals surface area contributed by atoms with Gasteiger partial charge in [0.25, 0.3) is 5.91 Å². The van der Waals surface area contributed by atoms with Crippen LogP contribution < -0.4 is 5.32 Å². The number of rotatable bonds is 6. The van der Waals surface area contributed by atoms with E-state index in [1.807, 2.05) is 11.8 Å². The second-order valence-electron chi connectivity index (χ2n) is 5.90. The van der Waals surface area contributed by atoms with Gasteiger partial charge < -0.3 is 15.3 Å². The van der Waals surface area contributed by atoms with Gasteiger partial charge in [-0.25, -0.2) is 0 Å². The number of unbranched alkanes of at least 4 members (excludes halogenated alkanes) is 1. The quantitative estimate of drug-likeness (QED) is 0.847. The molecule has 1 aliphatic rings. The third kappa shape index (κ3) is 4.21. The van der Waals surface area contributed by atoms with Crippen LogP contribution in [0.4, 0.5) is 0 Å². The summed E-state index contributed by atoms with van der Waals surface area (Å²) in [4.78, 5) is 14.6. The number of benzene rings is 1. The molecule has 4 heteroatoms. The van der Waals surface area contributed by atoms with E-state index in [4.69, 9.17) is 0 Å². The lowest BCUT2D eigenvalue weighted by Gasteiger charge is -2.26. The molecule has 2 N–H and O–H groups in total. The van der Waals surface area contributed by atoms with Crippen LogP contribution in [0.3, 0.4) is 0 Å². The molecule has 1 aromatic carbocycles. The Morgan fingerprint density at radius 2 is 2.29 bits per heavy atom. The highest BCUT2D eigenvalue weighted by Gasteiger charge is 2.22. The molecule has 1 atom stereocenters. The van der Waals surface area contributed by atoms with Crippen LogP contribution in [0.25, 0.3) is 0 Å². The predicted octanol–water partition coefficient (Wildman–Crippen LogP) is 2.69. The number of nitrogens with one attached hydrogen (secondary N) is 1. The van der Waals surface area contributed by atoms with E-state index < -0.39 is 0 Å². The van der Waals surface area contributed by atoms with Crippen molar-refractivity contribution < 1.29 is 9.90 Å². The third-order valence-corrected chi connectivity index (χ3v) is 4.13. The maximum atomic E-state index is 12.7. The van der Waals surface area contributed by atoms with E-state index in [1.165, 1.54) is 6.42 Å². The van der Waals surface area contributed by atoms with Gasteiger partial charge in [0.1, 0.15) is 5.75 Å². The Hall–Kier alpha value is -1.55.